The van der Waals surface area contributed by atoms with Crippen LogP contribution in [0.4, 0.5) is 0 Å². The lowest BCUT2D eigenvalue weighted by Crippen LogP contribution is -2.44. The first-order valence-corrected chi connectivity index (χ1v) is 9.13. The summed E-state index contributed by atoms with van der Waals surface area (Å²) < 4.78 is 5.23. The largest absolute Gasteiger partial charge is 0.497 e. The first-order valence-electron chi connectivity index (χ1n) is 8.25. The van der Waals surface area contributed by atoms with Gasteiger partial charge in [0.25, 0.3) is 5.91 Å². The van der Waals surface area contributed by atoms with E-state index in [1.54, 1.807) is 26.2 Å². The molecule has 2 N–H and O–H groups in total. The Bertz CT molecular complexity index is 922. The van der Waals surface area contributed by atoms with Crippen LogP contribution in [-0.4, -0.2) is 25.0 Å². The van der Waals surface area contributed by atoms with Gasteiger partial charge in [-0.25, -0.2) is 0 Å². The smallest absolute Gasteiger partial charge is 0.261 e. The van der Waals surface area contributed by atoms with Gasteiger partial charge in [0.2, 0.25) is 5.91 Å². The number of methoxy groups -OCH3 is 1. The molecule has 0 spiro atoms. The van der Waals surface area contributed by atoms with Crippen LogP contribution in [0.5, 0.6) is 5.75 Å². The molecule has 0 aliphatic rings. The molecule has 2 amide bonds. The fourth-order valence-corrected chi connectivity index (χ4v) is 3.22. The summed E-state index contributed by atoms with van der Waals surface area (Å²) in [5.41, 5.74) is 0.993. The van der Waals surface area contributed by atoms with Crippen molar-refractivity contribution < 1.29 is 14.3 Å². The van der Waals surface area contributed by atoms with Crippen LogP contribution < -0.4 is 15.4 Å². The maximum Gasteiger partial charge on any atom is 0.261 e. The van der Waals surface area contributed by atoms with Gasteiger partial charge in [0.15, 0.2) is 0 Å². The number of fused-ring (bicyclic) bond motifs is 1. The average molecular weight is 368 g/mol. The number of carbonyl (C=O) groups excluding carboxylic acids is 2. The Morgan fingerprint density at radius 3 is 2.62 bits per heavy atom. The number of ether oxygens (including phenoxy) is 1. The first kappa shape index (κ1) is 17.9. The van der Waals surface area contributed by atoms with E-state index in [1.165, 1.54) is 11.3 Å². The molecule has 2 aromatic carbocycles. The molecule has 1 atom stereocenters. The van der Waals surface area contributed by atoms with Gasteiger partial charge in [0.05, 0.1) is 12.0 Å². The zero-order chi connectivity index (χ0) is 18.5. The van der Waals surface area contributed by atoms with Crippen molar-refractivity contribution in [3.8, 4) is 5.75 Å². The van der Waals surface area contributed by atoms with Crippen molar-refractivity contribution in [1.29, 1.82) is 0 Å². The lowest BCUT2D eigenvalue weighted by atomic mass is 10.1. The van der Waals surface area contributed by atoms with Crippen molar-refractivity contribution in [2.75, 3.05) is 7.11 Å². The summed E-state index contributed by atoms with van der Waals surface area (Å²) in [5.74, 6) is 0.362. The molecule has 1 aromatic heterocycles. The van der Waals surface area contributed by atoms with E-state index < -0.39 is 6.04 Å². The SMILES string of the molecule is COc1ccc2cc(CNC(=O)C(C)NC(=O)c3cccs3)ccc2c1. The maximum absolute atomic E-state index is 12.2. The van der Waals surface area contributed by atoms with Crippen molar-refractivity contribution in [3.63, 3.8) is 0 Å². The van der Waals surface area contributed by atoms with Crippen LogP contribution in [0.3, 0.4) is 0 Å². The third-order valence-corrected chi connectivity index (χ3v) is 4.93. The highest BCUT2D eigenvalue weighted by Gasteiger charge is 2.16. The van der Waals surface area contributed by atoms with E-state index in [1.807, 2.05) is 41.8 Å². The van der Waals surface area contributed by atoms with Gasteiger partial charge in [-0.15, -0.1) is 11.3 Å². The third-order valence-electron chi connectivity index (χ3n) is 4.06. The Hall–Kier alpha value is -2.86. The minimum atomic E-state index is -0.602. The number of amides is 2. The number of benzene rings is 2. The molecule has 0 aliphatic heterocycles. The number of rotatable bonds is 6. The molecule has 26 heavy (non-hydrogen) atoms. The summed E-state index contributed by atoms with van der Waals surface area (Å²) in [6.45, 7) is 2.08. The van der Waals surface area contributed by atoms with E-state index in [-0.39, 0.29) is 11.8 Å². The number of thiophene rings is 1. The number of hydrogen-bond donors (Lipinski definition) is 2. The van der Waals surface area contributed by atoms with Gasteiger partial charge < -0.3 is 15.4 Å². The molecule has 1 heterocycles. The van der Waals surface area contributed by atoms with E-state index in [4.69, 9.17) is 4.74 Å². The van der Waals surface area contributed by atoms with Crippen molar-refractivity contribution in [2.24, 2.45) is 0 Å². The standard InChI is InChI=1S/C20H20N2O3S/c1-13(22-20(24)18-4-3-9-26-18)19(23)21-12-14-5-6-16-11-17(25-2)8-7-15(16)10-14/h3-11,13H,12H2,1-2H3,(H,21,23)(H,22,24). The van der Waals surface area contributed by atoms with E-state index in [0.717, 1.165) is 22.1 Å². The molecule has 0 aliphatic carbocycles. The second-order valence-corrected chi connectivity index (χ2v) is 6.89. The molecule has 0 fully saturated rings. The first-order chi connectivity index (χ1) is 12.6. The Morgan fingerprint density at radius 1 is 1.12 bits per heavy atom. The second-order valence-electron chi connectivity index (χ2n) is 5.94. The predicted octanol–water partition coefficient (Wildman–Crippen LogP) is 3.34. The molecule has 0 radical (unpaired) electrons. The van der Waals surface area contributed by atoms with Crippen molar-refractivity contribution in [3.05, 3.63) is 64.4 Å². The molecule has 5 nitrogen and oxygen atoms in total. The number of hydrogen-bond acceptors (Lipinski definition) is 4. The minimum absolute atomic E-state index is 0.218. The Morgan fingerprint density at radius 2 is 1.88 bits per heavy atom. The van der Waals surface area contributed by atoms with Gasteiger partial charge in [-0.2, -0.15) is 0 Å². The summed E-state index contributed by atoms with van der Waals surface area (Å²) in [5, 5.41) is 9.56. The summed E-state index contributed by atoms with van der Waals surface area (Å²) in [6.07, 6.45) is 0. The third kappa shape index (κ3) is 4.21. The topological polar surface area (TPSA) is 67.4 Å². The van der Waals surface area contributed by atoms with Gasteiger partial charge in [0.1, 0.15) is 11.8 Å². The molecule has 0 bridgehead atoms. The zero-order valence-electron chi connectivity index (χ0n) is 14.6. The predicted molar refractivity (Wildman–Crippen MR) is 104 cm³/mol. The number of nitrogens with one attached hydrogen (secondary N) is 2. The normalized spacial score (nSPS) is 11.8. The highest BCUT2D eigenvalue weighted by atomic mass is 32.1. The summed E-state index contributed by atoms with van der Waals surface area (Å²) >= 11 is 1.35. The number of carbonyl (C=O) groups is 2. The second kappa shape index (κ2) is 8.01. The molecule has 134 valence electrons. The van der Waals surface area contributed by atoms with E-state index in [0.29, 0.717) is 11.4 Å². The molecule has 6 heteroatoms. The monoisotopic (exact) mass is 368 g/mol. The summed E-state index contributed by atoms with van der Waals surface area (Å²) in [4.78, 5) is 24.8. The van der Waals surface area contributed by atoms with Crippen LogP contribution in [0.2, 0.25) is 0 Å². The van der Waals surface area contributed by atoms with Crippen LogP contribution in [-0.2, 0) is 11.3 Å². The fraction of sp³-hybridized carbons (Fsp3) is 0.200. The summed E-state index contributed by atoms with van der Waals surface area (Å²) in [6, 6.07) is 14.8. The Kier molecular flexibility index (Phi) is 5.53. The van der Waals surface area contributed by atoms with Crippen LogP contribution in [0.1, 0.15) is 22.2 Å². The maximum atomic E-state index is 12.2. The fourth-order valence-electron chi connectivity index (χ4n) is 2.59. The van der Waals surface area contributed by atoms with Gasteiger partial charge in [-0.3, -0.25) is 9.59 Å². The highest BCUT2D eigenvalue weighted by Crippen LogP contribution is 2.21. The minimum Gasteiger partial charge on any atom is -0.497 e. The quantitative estimate of drug-likeness (QED) is 0.701. The average Bonchev–Trinajstić information content (AvgIpc) is 3.20. The Labute approximate surface area is 156 Å². The van der Waals surface area contributed by atoms with Crippen LogP contribution in [0.25, 0.3) is 10.8 Å². The molecule has 3 rings (SSSR count). The van der Waals surface area contributed by atoms with E-state index in [9.17, 15) is 9.59 Å². The van der Waals surface area contributed by atoms with Crippen molar-refractivity contribution in [1.82, 2.24) is 10.6 Å². The van der Waals surface area contributed by atoms with Crippen molar-refractivity contribution in [2.45, 2.75) is 19.5 Å². The lowest BCUT2D eigenvalue weighted by Gasteiger charge is -2.14. The van der Waals surface area contributed by atoms with Crippen LogP contribution >= 0.6 is 11.3 Å². The Balaban J connectivity index is 1.58. The molecular weight excluding hydrogens is 348 g/mol. The molecule has 3 aromatic rings. The van der Waals surface area contributed by atoms with Crippen LogP contribution in [0, 0.1) is 0 Å². The van der Waals surface area contributed by atoms with Gasteiger partial charge in [-0.1, -0.05) is 24.3 Å². The molecular formula is C20H20N2O3S. The highest BCUT2D eigenvalue weighted by molar-refractivity contribution is 7.12. The molecule has 0 saturated carbocycles. The van der Waals surface area contributed by atoms with Gasteiger partial charge in [-0.05, 0) is 52.9 Å². The molecule has 0 saturated heterocycles. The van der Waals surface area contributed by atoms with Gasteiger partial charge in [0, 0.05) is 6.54 Å². The van der Waals surface area contributed by atoms with E-state index >= 15 is 0 Å². The van der Waals surface area contributed by atoms with Crippen LogP contribution in [0.15, 0.2) is 53.9 Å². The van der Waals surface area contributed by atoms with E-state index in [2.05, 4.69) is 10.6 Å². The zero-order valence-corrected chi connectivity index (χ0v) is 15.4. The lowest BCUT2D eigenvalue weighted by molar-refractivity contribution is -0.122. The van der Waals surface area contributed by atoms with Gasteiger partial charge >= 0.3 is 0 Å². The molecule has 1 unspecified atom stereocenters. The summed E-state index contributed by atoms with van der Waals surface area (Å²) in [7, 11) is 1.64. The van der Waals surface area contributed by atoms with Crippen molar-refractivity contribution >= 4 is 33.9 Å².